The average Bonchev–Trinajstić information content (AvgIpc) is 2.13. The first-order valence-electron chi connectivity index (χ1n) is 6.30. The number of carbonyl (C=O) groups excluding carboxylic acids is 2. The number of rotatable bonds is 5. The Morgan fingerprint density at radius 2 is 1.89 bits per heavy atom. The molecule has 0 aromatic carbocycles. The Bertz CT molecular complexity index is 343. The van der Waals surface area contributed by atoms with Crippen molar-refractivity contribution in [1.82, 2.24) is 5.32 Å². The van der Waals surface area contributed by atoms with E-state index in [-0.39, 0.29) is 17.9 Å². The van der Waals surface area contributed by atoms with E-state index in [9.17, 15) is 9.59 Å². The Morgan fingerprint density at radius 3 is 2.28 bits per heavy atom. The summed E-state index contributed by atoms with van der Waals surface area (Å²) in [5, 5.41) is 2.57. The van der Waals surface area contributed by atoms with Crippen LogP contribution in [0.15, 0.2) is 0 Å². The van der Waals surface area contributed by atoms with Gasteiger partial charge in [-0.3, -0.25) is 9.59 Å². The summed E-state index contributed by atoms with van der Waals surface area (Å²) in [5.74, 6) is -0.890. The quantitative estimate of drug-likeness (QED) is 0.470. The van der Waals surface area contributed by atoms with E-state index < -0.39 is 20.5 Å². The van der Waals surface area contributed by atoms with Crippen molar-refractivity contribution < 1.29 is 18.8 Å². The van der Waals surface area contributed by atoms with Gasteiger partial charge in [0.15, 0.2) is 14.5 Å². The molecule has 0 saturated carbocycles. The molecule has 5 nitrogen and oxygen atoms in total. The van der Waals surface area contributed by atoms with Crippen LogP contribution in [0.5, 0.6) is 0 Å². The lowest BCUT2D eigenvalue weighted by atomic mass is 9.93. The molecule has 0 radical (unpaired) electrons. The topological polar surface area (TPSA) is 64.6 Å². The highest BCUT2D eigenvalue weighted by Gasteiger charge is 2.47. The minimum atomic E-state index is -1.81. The molecule has 6 heteroatoms. The van der Waals surface area contributed by atoms with Crippen LogP contribution in [0.25, 0.3) is 0 Å². The zero-order valence-electron chi connectivity index (χ0n) is 11.9. The third-order valence-corrected chi connectivity index (χ3v) is 7.35. The predicted octanol–water partition coefficient (Wildman–Crippen LogP) is 1.64. The molecule has 1 N–H and O–H groups in total. The Kier molecular flexibility index (Phi) is 4.55. The summed E-state index contributed by atoms with van der Waals surface area (Å²) in [6, 6.07) is 0. The third kappa shape index (κ3) is 3.32. The molecule has 0 aromatic rings. The van der Waals surface area contributed by atoms with E-state index in [0.717, 1.165) is 0 Å². The smallest absolute Gasteiger partial charge is 0.304 e. The van der Waals surface area contributed by atoms with Crippen LogP contribution in [0, 0.1) is 5.92 Å². The van der Waals surface area contributed by atoms with Gasteiger partial charge in [-0.15, -0.1) is 0 Å². The van der Waals surface area contributed by atoms with Crippen molar-refractivity contribution in [2.24, 2.45) is 5.92 Å². The molecule has 0 aromatic heterocycles. The summed E-state index contributed by atoms with van der Waals surface area (Å²) in [7, 11) is -1.81. The number of amides is 1. The normalized spacial score (nSPS) is 25.4. The van der Waals surface area contributed by atoms with Crippen LogP contribution < -0.4 is 5.32 Å². The van der Waals surface area contributed by atoms with E-state index in [1.807, 2.05) is 6.92 Å². The lowest BCUT2D eigenvalue weighted by Gasteiger charge is -2.42. The maximum atomic E-state index is 11.6. The van der Waals surface area contributed by atoms with Crippen molar-refractivity contribution >= 4 is 20.2 Å². The fraction of sp³-hybridized carbons (Fsp3) is 0.833. The Balaban J connectivity index is 2.62. The van der Waals surface area contributed by atoms with E-state index in [2.05, 4.69) is 32.3 Å². The SMILES string of the molecule is CC(=O)OC1NC(=O)C1[C@@H](C)O[Si](C)(C)C(C)C. The molecule has 3 atom stereocenters. The summed E-state index contributed by atoms with van der Waals surface area (Å²) in [6.07, 6.45) is -0.769. The summed E-state index contributed by atoms with van der Waals surface area (Å²) in [6.45, 7) is 11.7. The van der Waals surface area contributed by atoms with E-state index in [0.29, 0.717) is 5.54 Å². The van der Waals surface area contributed by atoms with E-state index in [4.69, 9.17) is 9.16 Å². The third-order valence-electron chi connectivity index (χ3n) is 3.59. The zero-order chi connectivity index (χ0) is 14.1. The van der Waals surface area contributed by atoms with Crippen LogP contribution in [-0.2, 0) is 18.8 Å². The van der Waals surface area contributed by atoms with E-state index >= 15 is 0 Å². The molecule has 0 aliphatic carbocycles. The van der Waals surface area contributed by atoms with Crippen LogP contribution in [0.1, 0.15) is 27.7 Å². The minimum absolute atomic E-state index is 0.109. The highest BCUT2D eigenvalue weighted by molar-refractivity contribution is 6.72. The first-order chi connectivity index (χ1) is 8.15. The van der Waals surface area contributed by atoms with Crippen LogP contribution >= 0.6 is 0 Å². The van der Waals surface area contributed by atoms with Gasteiger partial charge >= 0.3 is 5.97 Å². The molecule has 18 heavy (non-hydrogen) atoms. The molecule has 104 valence electrons. The first kappa shape index (κ1) is 15.2. The van der Waals surface area contributed by atoms with Crippen molar-refractivity contribution in [1.29, 1.82) is 0 Å². The summed E-state index contributed by atoms with van der Waals surface area (Å²) < 4.78 is 11.1. The van der Waals surface area contributed by atoms with Crippen LogP contribution in [0.3, 0.4) is 0 Å². The van der Waals surface area contributed by atoms with Gasteiger partial charge in [0.25, 0.3) is 0 Å². The predicted molar refractivity (Wildman–Crippen MR) is 70.3 cm³/mol. The highest BCUT2D eigenvalue weighted by atomic mass is 28.4. The van der Waals surface area contributed by atoms with Gasteiger partial charge in [-0.05, 0) is 25.6 Å². The van der Waals surface area contributed by atoms with Crippen molar-refractivity contribution in [3.8, 4) is 0 Å². The molecule has 0 spiro atoms. The number of hydrogen-bond donors (Lipinski definition) is 1. The zero-order valence-corrected chi connectivity index (χ0v) is 12.9. The standard InChI is InChI=1S/C12H23NO4Si/c1-7(2)18(5,6)17-8(3)10-11(15)13-12(10)16-9(4)14/h7-8,10,12H,1-6H3,(H,13,15)/t8-,10?,12?/m1/s1. The number of esters is 1. The maximum Gasteiger partial charge on any atom is 0.304 e. The molecule has 0 bridgehead atoms. The monoisotopic (exact) mass is 273 g/mol. The van der Waals surface area contributed by atoms with Gasteiger partial charge in [-0.1, -0.05) is 13.8 Å². The highest BCUT2D eigenvalue weighted by Crippen LogP contribution is 2.29. The first-order valence-corrected chi connectivity index (χ1v) is 9.29. The summed E-state index contributed by atoms with van der Waals surface area (Å²) in [4.78, 5) is 22.5. The number of carbonyl (C=O) groups is 2. The second-order valence-corrected chi connectivity index (χ2v) is 10.2. The second kappa shape index (κ2) is 5.40. The molecule has 1 fully saturated rings. The molecule has 2 unspecified atom stereocenters. The van der Waals surface area contributed by atoms with E-state index in [1.54, 1.807) is 0 Å². The van der Waals surface area contributed by atoms with Crippen LogP contribution in [0.4, 0.5) is 0 Å². The van der Waals surface area contributed by atoms with Crippen molar-refractivity contribution in [2.75, 3.05) is 0 Å². The van der Waals surface area contributed by atoms with Gasteiger partial charge < -0.3 is 14.5 Å². The molecular weight excluding hydrogens is 250 g/mol. The van der Waals surface area contributed by atoms with Crippen LogP contribution in [-0.4, -0.2) is 32.5 Å². The molecule has 1 amide bonds. The van der Waals surface area contributed by atoms with Crippen molar-refractivity contribution in [3.05, 3.63) is 0 Å². The maximum absolute atomic E-state index is 11.6. The Hall–Kier alpha value is -0.883. The van der Waals surface area contributed by atoms with Gasteiger partial charge in [0.05, 0.1) is 6.10 Å². The number of nitrogens with one attached hydrogen (secondary N) is 1. The molecule has 1 rings (SSSR count). The second-order valence-electron chi connectivity index (χ2n) is 5.65. The Morgan fingerprint density at radius 1 is 1.33 bits per heavy atom. The van der Waals surface area contributed by atoms with Crippen LogP contribution in [0.2, 0.25) is 18.6 Å². The number of β-lactam (4-membered cyclic amide) rings is 1. The minimum Gasteiger partial charge on any atom is -0.441 e. The van der Waals surface area contributed by atoms with Gasteiger partial charge in [-0.25, -0.2) is 0 Å². The largest absolute Gasteiger partial charge is 0.441 e. The molecule has 1 heterocycles. The fourth-order valence-electron chi connectivity index (χ4n) is 1.80. The van der Waals surface area contributed by atoms with Gasteiger partial charge in [0.2, 0.25) is 5.91 Å². The van der Waals surface area contributed by atoms with Gasteiger partial charge in [0.1, 0.15) is 5.92 Å². The lowest BCUT2D eigenvalue weighted by Crippen LogP contribution is -2.64. The average molecular weight is 273 g/mol. The van der Waals surface area contributed by atoms with E-state index in [1.165, 1.54) is 6.92 Å². The summed E-state index contributed by atoms with van der Waals surface area (Å²) in [5.41, 5.74) is 0.468. The fourth-order valence-corrected chi connectivity index (χ4v) is 3.17. The number of hydrogen-bond acceptors (Lipinski definition) is 4. The lowest BCUT2D eigenvalue weighted by molar-refractivity contribution is -0.172. The molecule has 1 saturated heterocycles. The molecule has 1 aliphatic rings. The molecular formula is C12H23NO4Si. The van der Waals surface area contributed by atoms with Crippen molar-refractivity contribution in [3.63, 3.8) is 0 Å². The number of ether oxygens (including phenoxy) is 1. The van der Waals surface area contributed by atoms with Gasteiger partial charge in [-0.2, -0.15) is 0 Å². The summed E-state index contributed by atoms with van der Waals surface area (Å²) >= 11 is 0. The molecule has 1 aliphatic heterocycles. The van der Waals surface area contributed by atoms with Crippen molar-refractivity contribution in [2.45, 2.75) is 58.7 Å². The Labute approximate surface area is 109 Å². The van der Waals surface area contributed by atoms with Gasteiger partial charge in [0, 0.05) is 6.92 Å².